The van der Waals surface area contributed by atoms with Crippen LogP contribution in [0.15, 0.2) is 54.2 Å². The van der Waals surface area contributed by atoms with Crippen molar-refractivity contribution in [3.05, 3.63) is 70.8 Å². The SMILES string of the molecule is C.C.C=C(C)C(=C)/C(=C\C(C)c1ccc(C)cc1C)CCC. The van der Waals surface area contributed by atoms with Crippen molar-refractivity contribution in [2.75, 3.05) is 0 Å². The number of aryl methyl sites for hydroxylation is 2. The van der Waals surface area contributed by atoms with E-state index in [9.17, 15) is 0 Å². The highest BCUT2D eigenvalue weighted by molar-refractivity contribution is 5.44. The molecule has 0 bridgehead atoms. The van der Waals surface area contributed by atoms with Gasteiger partial charge in [0.25, 0.3) is 0 Å². The number of benzene rings is 1. The Balaban J connectivity index is 0. The van der Waals surface area contributed by atoms with E-state index in [1.54, 1.807) is 0 Å². The molecule has 0 aliphatic rings. The number of hydrogen-bond donors (Lipinski definition) is 0. The maximum absolute atomic E-state index is 4.19. The van der Waals surface area contributed by atoms with Crippen molar-refractivity contribution in [2.24, 2.45) is 0 Å². The first kappa shape index (κ1) is 22.7. The molecule has 0 heteroatoms. The minimum absolute atomic E-state index is 0. The lowest BCUT2D eigenvalue weighted by atomic mass is 9.89. The van der Waals surface area contributed by atoms with Gasteiger partial charge in [-0.05, 0) is 55.4 Å². The fraction of sp³-hybridized carbons (Fsp3) is 0.455. The molecule has 1 aromatic rings. The molecule has 1 atom stereocenters. The van der Waals surface area contributed by atoms with E-state index in [4.69, 9.17) is 0 Å². The largest absolute Gasteiger partial charge is 0.0955 e. The van der Waals surface area contributed by atoms with E-state index in [0.29, 0.717) is 5.92 Å². The fourth-order valence-electron chi connectivity index (χ4n) is 2.61. The standard InChI is InChI=1S/C20H28.2CH4/c1-8-9-19(18(7)14(2)3)13-17(6)20-11-10-15(4)12-16(20)5;;/h10-13,17H,2,7-9H2,1,3-6H3;2*1H4/b19-13-;;. The Morgan fingerprint density at radius 2 is 1.77 bits per heavy atom. The maximum Gasteiger partial charge on any atom is -0.000178 e. The van der Waals surface area contributed by atoms with Crippen molar-refractivity contribution < 1.29 is 0 Å². The molecule has 0 saturated heterocycles. The Morgan fingerprint density at radius 1 is 1.18 bits per heavy atom. The molecule has 0 amide bonds. The molecule has 0 saturated carbocycles. The van der Waals surface area contributed by atoms with Crippen LogP contribution in [0.5, 0.6) is 0 Å². The van der Waals surface area contributed by atoms with Crippen LogP contribution < -0.4 is 0 Å². The molecule has 1 rings (SSSR count). The quantitative estimate of drug-likeness (QED) is 0.476. The van der Waals surface area contributed by atoms with Crippen LogP contribution in [0.25, 0.3) is 0 Å². The highest BCUT2D eigenvalue weighted by atomic mass is 14.1. The van der Waals surface area contributed by atoms with Crippen LogP contribution in [-0.2, 0) is 0 Å². The lowest BCUT2D eigenvalue weighted by molar-refractivity contribution is 0.875. The van der Waals surface area contributed by atoms with Crippen LogP contribution in [-0.4, -0.2) is 0 Å². The van der Waals surface area contributed by atoms with Gasteiger partial charge in [0.2, 0.25) is 0 Å². The number of hydrogen-bond acceptors (Lipinski definition) is 0. The Labute approximate surface area is 139 Å². The summed E-state index contributed by atoms with van der Waals surface area (Å²) in [6.07, 6.45) is 4.57. The van der Waals surface area contributed by atoms with Gasteiger partial charge >= 0.3 is 0 Å². The molecule has 0 heterocycles. The highest BCUT2D eigenvalue weighted by Crippen LogP contribution is 2.28. The minimum atomic E-state index is 0. The average Bonchev–Trinajstić information content (AvgIpc) is 2.36. The molecule has 1 unspecified atom stereocenters. The zero-order chi connectivity index (χ0) is 15.3. The molecule has 0 aromatic heterocycles. The molecule has 0 radical (unpaired) electrons. The smallest absolute Gasteiger partial charge is 0.000178 e. The van der Waals surface area contributed by atoms with Crippen LogP contribution in [0.3, 0.4) is 0 Å². The second-order valence-corrected chi connectivity index (χ2v) is 5.85. The van der Waals surface area contributed by atoms with Gasteiger partial charge in [0.1, 0.15) is 0 Å². The van der Waals surface area contributed by atoms with Gasteiger partial charge in [-0.1, -0.05) is 83.7 Å². The molecule has 0 aliphatic carbocycles. The Bertz CT molecular complexity index is 529. The summed E-state index contributed by atoms with van der Waals surface area (Å²) in [5, 5.41) is 0. The van der Waals surface area contributed by atoms with Gasteiger partial charge in [-0.3, -0.25) is 0 Å². The minimum Gasteiger partial charge on any atom is -0.0955 e. The van der Waals surface area contributed by atoms with E-state index in [-0.39, 0.29) is 14.9 Å². The van der Waals surface area contributed by atoms with Crippen LogP contribution >= 0.6 is 0 Å². The third kappa shape index (κ3) is 6.05. The van der Waals surface area contributed by atoms with Crippen molar-refractivity contribution in [1.82, 2.24) is 0 Å². The molecular formula is C22H36. The molecule has 0 aliphatic heterocycles. The second kappa shape index (κ2) is 10.2. The summed E-state index contributed by atoms with van der Waals surface area (Å²) in [5.41, 5.74) is 7.60. The third-order valence-corrected chi connectivity index (χ3v) is 3.79. The second-order valence-electron chi connectivity index (χ2n) is 5.85. The van der Waals surface area contributed by atoms with Crippen molar-refractivity contribution in [3.8, 4) is 0 Å². The van der Waals surface area contributed by atoms with Gasteiger partial charge in [0.05, 0.1) is 0 Å². The van der Waals surface area contributed by atoms with Crippen LogP contribution in [0.2, 0.25) is 0 Å². The van der Waals surface area contributed by atoms with E-state index < -0.39 is 0 Å². The topological polar surface area (TPSA) is 0 Å². The Hall–Kier alpha value is -1.56. The van der Waals surface area contributed by atoms with Crippen LogP contribution in [0, 0.1) is 13.8 Å². The van der Waals surface area contributed by atoms with Crippen LogP contribution in [0.4, 0.5) is 0 Å². The Kier molecular flexibility index (Phi) is 10.5. The molecule has 0 N–H and O–H groups in total. The zero-order valence-electron chi connectivity index (χ0n) is 13.7. The predicted molar refractivity (Wildman–Crippen MR) is 105 cm³/mol. The van der Waals surface area contributed by atoms with Crippen molar-refractivity contribution >= 4 is 0 Å². The third-order valence-electron chi connectivity index (χ3n) is 3.79. The van der Waals surface area contributed by atoms with Crippen molar-refractivity contribution in [2.45, 2.75) is 68.2 Å². The predicted octanol–water partition coefficient (Wildman–Crippen LogP) is 7.54. The van der Waals surface area contributed by atoms with Gasteiger partial charge in [0, 0.05) is 0 Å². The Morgan fingerprint density at radius 3 is 2.23 bits per heavy atom. The summed E-state index contributed by atoms with van der Waals surface area (Å²) < 4.78 is 0. The maximum atomic E-state index is 4.19. The van der Waals surface area contributed by atoms with Gasteiger partial charge in [0.15, 0.2) is 0 Å². The number of allylic oxidation sites excluding steroid dienone is 4. The van der Waals surface area contributed by atoms with Gasteiger partial charge in [-0.2, -0.15) is 0 Å². The van der Waals surface area contributed by atoms with E-state index in [2.05, 4.69) is 65.1 Å². The lowest BCUT2D eigenvalue weighted by Gasteiger charge is -2.16. The van der Waals surface area contributed by atoms with Gasteiger partial charge in [-0.25, -0.2) is 0 Å². The molecule has 0 nitrogen and oxygen atoms in total. The van der Waals surface area contributed by atoms with E-state index in [1.165, 1.54) is 22.3 Å². The van der Waals surface area contributed by atoms with Crippen molar-refractivity contribution in [3.63, 3.8) is 0 Å². The first-order chi connectivity index (χ1) is 9.36. The average molecular weight is 301 g/mol. The summed E-state index contributed by atoms with van der Waals surface area (Å²) in [4.78, 5) is 0. The van der Waals surface area contributed by atoms with E-state index in [0.717, 1.165) is 24.0 Å². The summed E-state index contributed by atoms with van der Waals surface area (Å²) in [5.74, 6) is 0.410. The zero-order valence-corrected chi connectivity index (χ0v) is 13.7. The van der Waals surface area contributed by atoms with Gasteiger partial charge < -0.3 is 0 Å². The highest BCUT2D eigenvalue weighted by Gasteiger charge is 2.09. The molecule has 22 heavy (non-hydrogen) atoms. The first-order valence-electron chi connectivity index (χ1n) is 7.49. The van der Waals surface area contributed by atoms with Crippen molar-refractivity contribution in [1.29, 1.82) is 0 Å². The normalized spacial score (nSPS) is 12.0. The van der Waals surface area contributed by atoms with Gasteiger partial charge in [-0.15, -0.1) is 0 Å². The molecule has 0 fully saturated rings. The monoisotopic (exact) mass is 300 g/mol. The molecule has 1 aromatic carbocycles. The fourth-order valence-corrected chi connectivity index (χ4v) is 2.61. The summed E-state index contributed by atoms with van der Waals surface area (Å²) in [7, 11) is 0. The summed E-state index contributed by atoms with van der Waals surface area (Å²) in [6, 6.07) is 6.70. The lowest BCUT2D eigenvalue weighted by Crippen LogP contribution is -1.98. The summed E-state index contributed by atoms with van der Waals surface area (Å²) in [6.45, 7) is 19.1. The van der Waals surface area contributed by atoms with Crippen LogP contribution in [0.1, 0.15) is 71.1 Å². The molecular weight excluding hydrogens is 264 g/mol. The summed E-state index contributed by atoms with van der Waals surface area (Å²) >= 11 is 0. The molecule has 0 spiro atoms. The van der Waals surface area contributed by atoms with E-state index >= 15 is 0 Å². The molecule has 124 valence electrons. The first-order valence-corrected chi connectivity index (χ1v) is 7.49. The number of rotatable bonds is 6. The van der Waals surface area contributed by atoms with E-state index in [1.807, 2.05) is 6.92 Å².